The Morgan fingerprint density at radius 1 is 1.14 bits per heavy atom. The number of para-hydroxylation sites is 1. The van der Waals surface area contributed by atoms with E-state index < -0.39 is 22.0 Å². The number of amides is 2. The van der Waals surface area contributed by atoms with Crippen molar-refractivity contribution in [3.8, 4) is 11.4 Å². The SMILES string of the molecule is Nc1ccccc1-c1nnc([C@@H]2SC(=O)NC2=O)c(=O)[nH]1. The van der Waals surface area contributed by atoms with Crippen molar-refractivity contribution in [2.75, 3.05) is 5.73 Å². The van der Waals surface area contributed by atoms with Gasteiger partial charge in [0.05, 0.1) is 0 Å². The van der Waals surface area contributed by atoms with Crippen LogP contribution in [0.15, 0.2) is 29.1 Å². The van der Waals surface area contributed by atoms with Crippen LogP contribution in [-0.2, 0) is 4.79 Å². The third-order valence-electron chi connectivity index (χ3n) is 2.87. The van der Waals surface area contributed by atoms with Crippen LogP contribution in [0.5, 0.6) is 0 Å². The standard InChI is InChI=1S/C12H9N5O3S/c13-6-4-2-1-3-5(6)9-14-10(18)7(16-17-9)8-11(19)15-12(20)21-8/h1-4,8H,13H2,(H,14,17,18)(H,15,19,20)/t8-/m0/s1. The first-order valence-electron chi connectivity index (χ1n) is 5.89. The molecule has 106 valence electrons. The van der Waals surface area contributed by atoms with Gasteiger partial charge < -0.3 is 10.7 Å². The van der Waals surface area contributed by atoms with Crippen molar-refractivity contribution in [3.05, 3.63) is 40.3 Å². The minimum Gasteiger partial charge on any atom is -0.398 e. The molecule has 0 aliphatic carbocycles. The number of hydrogen-bond acceptors (Lipinski definition) is 7. The number of nitrogen functional groups attached to an aromatic ring is 1. The molecule has 2 aromatic rings. The highest BCUT2D eigenvalue weighted by Crippen LogP contribution is 2.31. The summed E-state index contributed by atoms with van der Waals surface area (Å²) in [5, 5.41) is 8.27. The molecule has 2 amide bonds. The number of nitrogens with two attached hydrogens (primary N) is 1. The Hall–Kier alpha value is -2.68. The molecule has 1 saturated heterocycles. The molecule has 1 aromatic carbocycles. The fraction of sp³-hybridized carbons (Fsp3) is 0.0833. The van der Waals surface area contributed by atoms with E-state index >= 15 is 0 Å². The van der Waals surface area contributed by atoms with E-state index in [1.54, 1.807) is 24.3 Å². The maximum Gasteiger partial charge on any atom is 0.286 e. The van der Waals surface area contributed by atoms with E-state index in [4.69, 9.17) is 5.73 Å². The van der Waals surface area contributed by atoms with Gasteiger partial charge in [-0.1, -0.05) is 12.1 Å². The highest BCUT2D eigenvalue weighted by atomic mass is 32.2. The Morgan fingerprint density at radius 2 is 1.90 bits per heavy atom. The van der Waals surface area contributed by atoms with Gasteiger partial charge in [0.1, 0.15) is 5.25 Å². The Bertz CT molecular complexity index is 803. The van der Waals surface area contributed by atoms with E-state index in [-0.39, 0.29) is 11.5 Å². The van der Waals surface area contributed by atoms with Crippen LogP contribution in [-0.4, -0.2) is 26.3 Å². The molecule has 0 unspecified atom stereocenters. The molecule has 1 fully saturated rings. The summed E-state index contributed by atoms with van der Waals surface area (Å²) in [7, 11) is 0. The van der Waals surface area contributed by atoms with Gasteiger partial charge in [-0.3, -0.25) is 19.7 Å². The van der Waals surface area contributed by atoms with Crippen LogP contribution in [0, 0.1) is 0 Å². The number of rotatable bonds is 2. The lowest BCUT2D eigenvalue weighted by Crippen LogP contribution is -2.26. The van der Waals surface area contributed by atoms with E-state index in [0.29, 0.717) is 23.0 Å². The van der Waals surface area contributed by atoms with Crippen LogP contribution in [0.3, 0.4) is 0 Å². The van der Waals surface area contributed by atoms with Gasteiger partial charge >= 0.3 is 0 Å². The van der Waals surface area contributed by atoms with Crippen molar-refractivity contribution in [1.82, 2.24) is 20.5 Å². The number of carbonyl (C=O) groups is 2. The monoisotopic (exact) mass is 303 g/mol. The zero-order valence-corrected chi connectivity index (χ0v) is 11.3. The van der Waals surface area contributed by atoms with Gasteiger partial charge in [-0.15, -0.1) is 10.2 Å². The normalized spacial score (nSPS) is 17.8. The summed E-state index contributed by atoms with van der Waals surface area (Å²) < 4.78 is 0. The van der Waals surface area contributed by atoms with Gasteiger partial charge in [0.2, 0.25) is 5.91 Å². The zero-order chi connectivity index (χ0) is 15.0. The van der Waals surface area contributed by atoms with Crippen LogP contribution in [0.1, 0.15) is 10.9 Å². The minimum absolute atomic E-state index is 0.110. The number of anilines is 1. The van der Waals surface area contributed by atoms with Gasteiger partial charge in [-0.25, -0.2) is 0 Å². The van der Waals surface area contributed by atoms with Crippen LogP contribution in [0.2, 0.25) is 0 Å². The van der Waals surface area contributed by atoms with Crippen molar-refractivity contribution >= 4 is 28.6 Å². The first-order valence-corrected chi connectivity index (χ1v) is 6.77. The molecule has 1 aromatic heterocycles. The number of carbonyl (C=O) groups excluding carboxylic acids is 2. The number of nitrogens with one attached hydrogen (secondary N) is 2. The van der Waals surface area contributed by atoms with Gasteiger partial charge in [-0.05, 0) is 23.9 Å². The molecule has 1 atom stereocenters. The summed E-state index contributed by atoms with van der Waals surface area (Å²) in [5.74, 6) is -0.367. The molecule has 9 heteroatoms. The second-order valence-electron chi connectivity index (χ2n) is 4.25. The van der Waals surface area contributed by atoms with Crippen molar-refractivity contribution in [2.24, 2.45) is 0 Å². The summed E-state index contributed by atoms with van der Waals surface area (Å²) in [6, 6.07) is 6.86. The lowest BCUT2D eigenvalue weighted by atomic mass is 10.2. The van der Waals surface area contributed by atoms with Crippen LogP contribution in [0.25, 0.3) is 11.4 Å². The molecule has 3 rings (SSSR count). The van der Waals surface area contributed by atoms with E-state index in [1.165, 1.54) is 0 Å². The summed E-state index contributed by atoms with van der Waals surface area (Å²) in [4.78, 5) is 37.3. The van der Waals surface area contributed by atoms with E-state index in [0.717, 1.165) is 0 Å². The number of hydrogen-bond donors (Lipinski definition) is 3. The van der Waals surface area contributed by atoms with Crippen molar-refractivity contribution in [3.63, 3.8) is 0 Å². The predicted octanol–water partition coefficient (Wildman–Crippen LogP) is 0.438. The van der Waals surface area contributed by atoms with Crippen LogP contribution >= 0.6 is 11.8 Å². The topological polar surface area (TPSA) is 131 Å². The molecule has 1 aliphatic rings. The maximum atomic E-state index is 12.1. The van der Waals surface area contributed by atoms with Gasteiger partial charge in [0.15, 0.2) is 11.5 Å². The lowest BCUT2D eigenvalue weighted by Gasteiger charge is -2.06. The summed E-state index contributed by atoms with van der Waals surface area (Å²) in [5.41, 5.74) is 6.09. The van der Waals surface area contributed by atoms with Crippen molar-refractivity contribution < 1.29 is 9.59 Å². The van der Waals surface area contributed by atoms with Gasteiger partial charge in [-0.2, -0.15) is 0 Å². The number of H-pyrrole nitrogens is 1. The quantitative estimate of drug-likeness (QED) is 0.686. The molecule has 0 spiro atoms. The molecular formula is C12H9N5O3S. The fourth-order valence-corrected chi connectivity index (χ4v) is 2.69. The molecule has 2 heterocycles. The number of nitrogens with zero attached hydrogens (tertiary/aromatic N) is 2. The summed E-state index contributed by atoms with van der Waals surface area (Å²) >= 11 is 0.699. The molecule has 21 heavy (non-hydrogen) atoms. The second-order valence-corrected chi connectivity index (χ2v) is 5.33. The zero-order valence-electron chi connectivity index (χ0n) is 10.5. The number of aromatic amines is 1. The number of thioether (sulfide) groups is 1. The van der Waals surface area contributed by atoms with Gasteiger partial charge in [0.25, 0.3) is 10.8 Å². The van der Waals surface area contributed by atoms with Crippen LogP contribution < -0.4 is 16.6 Å². The summed E-state index contributed by atoms with van der Waals surface area (Å²) in [6.45, 7) is 0. The number of aromatic nitrogens is 3. The van der Waals surface area contributed by atoms with Crippen molar-refractivity contribution in [2.45, 2.75) is 5.25 Å². The molecular weight excluding hydrogens is 294 g/mol. The highest BCUT2D eigenvalue weighted by molar-refractivity contribution is 8.15. The molecule has 8 nitrogen and oxygen atoms in total. The maximum absolute atomic E-state index is 12.1. The second kappa shape index (κ2) is 5.02. The van der Waals surface area contributed by atoms with E-state index in [9.17, 15) is 14.4 Å². The minimum atomic E-state index is -0.976. The molecule has 0 saturated carbocycles. The Balaban J connectivity index is 2.02. The van der Waals surface area contributed by atoms with E-state index in [1.807, 2.05) is 0 Å². The Morgan fingerprint density at radius 3 is 2.52 bits per heavy atom. The highest BCUT2D eigenvalue weighted by Gasteiger charge is 2.36. The lowest BCUT2D eigenvalue weighted by molar-refractivity contribution is -0.119. The fourth-order valence-electron chi connectivity index (χ4n) is 1.89. The first-order chi connectivity index (χ1) is 10.1. The Kier molecular flexibility index (Phi) is 3.18. The first kappa shape index (κ1) is 13.3. The molecule has 1 aliphatic heterocycles. The van der Waals surface area contributed by atoms with Crippen LogP contribution in [0.4, 0.5) is 10.5 Å². The average molecular weight is 303 g/mol. The molecule has 0 bridgehead atoms. The average Bonchev–Trinajstić information content (AvgIpc) is 2.78. The van der Waals surface area contributed by atoms with Crippen molar-refractivity contribution in [1.29, 1.82) is 0 Å². The van der Waals surface area contributed by atoms with E-state index in [2.05, 4.69) is 20.5 Å². The number of benzene rings is 1. The smallest absolute Gasteiger partial charge is 0.286 e. The molecule has 4 N–H and O–H groups in total. The van der Waals surface area contributed by atoms with Gasteiger partial charge in [0, 0.05) is 11.3 Å². The Labute approximate surface area is 122 Å². The predicted molar refractivity (Wildman–Crippen MR) is 76.4 cm³/mol. The number of imide groups is 1. The third kappa shape index (κ3) is 2.38. The summed E-state index contributed by atoms with van der Waals surface area (Å²) in [6.07, 6.45) is 0. The molecule has 0 radical (unpaired) electrons. The third-order valence-corrected chi connectivity index (χ3v) is 3.86. The largest absolute Gasteiger partial charge is 0.398 e.